The highest BCUT2D eigenvalue weighted by molar-refractivity contribution is 5.76. The number of nitrogens with zero attached hydrogens (tertiary/aromatic N) is 1. The lowest BCUT2D eigenvalue weighted by molar-refractivity contribution is -0.136. The van der Waals surface area contributed by atoms with E-state index in [2.05, 4.69) is 31.8 Å². The zero-order valence-corrected chi connectivity index (χ0v) is 33.7. The molecule has 0 radical (unpaired) electrons. The molecule has 0 fully saturated rings. The van der Waals surface area contributed by atoms with Gasteiger partial charge in [0.05, 0.1) is 7.11 Å². The predicted molar refractivity (Wildman–Crippen MR) is 218 cm³/mol. The molecule has 4 aromatic rings. The first kappa shape index (κ1) is 43.8. The number of methoxy groups -OCH3 is 1. The van der Waals surface area contributed by atoms with E-state index in [4.69, 9.17) is 18.9 Å². The van der Waals surface area contributed by atoms with Crippen LogP contribution in [0, 0.1) is 6.07 Å². The minimum Gasteiger partial charge on any atom is -0.497 e. The minimum atomic E-state index is -0.805. The molecule has 0 amide bonds. The lowest BCUT2D eigenvalue weighted by atomic mass is 9.72. The molecule has 10 heteroatoms. The highest BCUT2D eigenvalue weighted by Crippen LogP contribution is 2.39. The van der Waals surface area contributed by atoms with E-state index in [1.165, 1.54) is 0 Å². The van der Waals surface area contributed by atoms with E-state index in [0.29, 0.717) is 61.5 Å². The molecule has 300 valence electrons. The Balaban J connectivity index is 1.22. The van der Waals surface area contributed by atoms with E-state index in [1.807, 2.05) is 60.7 Å². The van der Waals surface area contributed by atoms with Crippen LogP contribution in [-0.4, -0.2) is 36.0 Å². The third kappa shape index (κ3) is 12.8. The fraction of sp³-hybridized carbons (Fsp3) is 0.383. The Kier molecular flexibility index (Phi) is 16.4. The predicted octanol–water partition coefficient (Wildman–Crippen LogP) is 10.3. The molecule has 1 unspecified atom stereocenters. The van der Waals surface area contributed by atoms with Crippen molar-refractivity contribution in [1.82, 2.24) is 0 Å². The summed E-state index contributed by atoms with van der Waals surface area (Å²) in [4.78, 5) is 48.5. The average molecular weight is 777 g/mol. The number of carbonyl (C=O) groups is 4. The van der Waals surface area contributed by atoms with Gasteiger partial charge in [-0.05, 0) is 110 Å². The van der Waals surface area contributed by atoms with Gasteiger partial charge in [0.2, 0.25) is 5.01 Å². The summed E-state index contributed by atoms with van der Waals surface area (Å²) in [6, 6.07) is 32.4. The van der Waals surface area contributed by atoms with Crippen LogP contribution in [0.15, 0.2) is 97.1 Å². The number of hydrogen-bond acceptors (Lipinski definition) is 9. The maximum atomic E-state index is 12.7. The first-order chi connectivity index (χ1) is 27.4. The molecule has 0 bridgehead atoms. The number of rotatable bonds is 21. The Morgan fingerprint density at radius 3 is 1.25 bits per heavy atom. The molecule has 57 heavy (non-hydrogen) atoms. The lowest BCUT2D eigenvalue weighted by Gasteiger charge is -2.26. The van der Waals surface area contributed by atoms with Crippen molar-refractivity contribution in [3.8, 4) is 29.1 Å². The second-order valence-electron chi connectivity index (χ2n) is 14.7. The van der Waals surface area contributed by atoms with Crippen molar-refractivity contribution in [2.24, 2.45) is 0 Å². The number of hydrogen-bond donors (Lipinski definition) is 1. The van der Waals surface area contributed by atoms with Crippen LogP contribution in [0.4, 0.5) is 0 Å². The van der Waals surface area contributed by atoms with Gasteiger partial charge >= 0.3 is 24.0 Å². The molecule has 0 aliphatic rings. The zero-order valence-electron chi connectivity index (χ0n) is 33.7. The highest BCUT2D eigenvalue weighted by atomic mass is 16.5. The maximum absolute atomic E-state index is 12.7. The monoisotopic (exact) mass is 776 g/mol. The number of ether oxygens (including phenoxy) is 4. The van der Waals surface area contributed by atoms with Crippen molar-refractivity contribution in [3.63, 3.8) is 0 Å². The van der Waals surface area contributed by atoms with Crippen LogP contribution < -0.4 is 18.9 Å². The molecule has 0 heterocycles. The van der Waals surface area contributed by atoms with Crippen molar-refractivity contribution >= 4 is 23.7 Å². The summed E-state index contributed by atoms with van der Waals surface area (Å²) in [5.41, 5.74) is 2.59. The molecule has 0 spiro atoms. The summed E-state index contributed by atoms with van der Waals surface area (Å²) < 4.78 is 21.9. The van der Waals surface area contributed by atoms with E-state index in [9.17, 15) is 24.4 Å². The Labute approximate surface area is 335 Å². The molecule has 10 nitrogen and oxygen atoms in total. The Hall–Kier alpha value is -5.95. The fourth-order valence-corrected chi connectivity index (χ4v) is 6.63. The molecule has 0 aromatic heterocycles. The Morgan fingerprint density at radius 1 is 0.561 bits per heavy atom. The van der Waals surface area contributed by atoms with Crippen molar-refractivity contribution in [1.29, 1.82) is 0 Å². The van der Waals surface area contributed by atoms with Crippen LogP contribution >= 0.6 is 0 Å². The third-order valence-corrected chi connectivity index (χ3v) is 10.1. The molecule has 4 aromatic carbocycles. The molecular weight excluding hydrogens is 723 g/mol. The first-order valence-corrected chi connectivity index (χ1v) is 19.6. The minimum absolute atomic E-state index is 0.116. The molecule has 0 aliphatic heterocycles. The van der Waals surface area contributed by atoms with Crippen LogP contribution in [0.25, 0.3) is 5.01 Å². The number of Topliss-reactive ketones (excluding diaryl/α,β-unsaturated/α-hetero) is 1. The second kappa shape index (κ2) is 21.4. The largest absolute Gasteiger partial charge is 0.497 e. The molecule has 1 atom stereocenters. The molecule has 1 N–H and O–H groups in total. The van der Waals surface area contributed by atoms with Gasteiger partial charge in [-0.25, -0.2) is 0 Å². The molecule has 0 aliphatic carbocycles. The van der Waals surface area contributed by atoms with Gasteiger partial charge in [-0.3, -0.25) is 14.4 Å². The molecular formula is C47H54NO9+. The summed E-state index contributed by atoms with van der Waals surface area (Å²) in [6.07, 6.45) is 5.70. The van der Waals surface area contributed by atoms with Gasteiger partial charge in [0, 0.05) is 31.1 Å². The SMILES string of the molecule is CCCCC(C#[N+]O)(c1ccc(OC)cc1)c1ccc(OC(=O)CCCCC(=O)Oc2ccc(C(C)(C)c3ccc(OC(=O)CCCCC(C)=O)cc3)cc2)cc1. The zero-order chi connectivity index (χ0) is 41.3. The maximum Gasteiger partial charge on any atom is 0.366 e. The number of benzene rings is 4. The van der Waals surface area contributed by atoms with Gasteiger partial charge in [-0.15, -0.1) is 0 Å². The van der Waals surface area contributed by atoms with Gasteiger partial charge in [0.25, 0.3) is 0 Å². The van der Waals surface area contributed by atoms with Crippen molar-refractivity contribution in [2.45, 2.75) is 109 Å². The number of carbonyl (C=O) groups excluding carboxylic acids is 4. The van der Waals surface area contributed by atoms with Gasteiger partial charge in [0.1, 0.15) is 28.8 Å². The van der Waals surface area contributed by atoms with Crippen molar-refractivity contribution in [3.05, 3.63) is 124 Å². The van der Waals surface area contributed by atoms with E-state index in [1.54, 1.807) is 50.4 Å². The van der Waals surface area contributed by atoms with Gasteiger partial charge in [-0.1, -0.05) is 82.1 Å². The number of esters is 3. The third-order valence-electron chi connectivity index (χ3n) is 10.1. The van der Waals surface area contributed by atoms with Crippen LogP contribution in [0.1, 0.15) is 121 Å². The van der Waals surface area contributed by atoms with Crippen LogP contribution in [-0.2, 0) is 30.0 Å². The van der Waals surface area contributed by atoms with Crippen LogP contribution in [0.3, 0.4) is 0 Å². The summed E-state index contributed by atoms with van der Waals surface area (Å²) in [5, 5.41) is 12.9. The average Bonchev–Trinajstić information content (AvgIpc) is 3.20. The fourth-order valence-electron chi connectivity index (χ4n) is 6.63. The normalized spacial score (nSPS) is 12.0. The van der Waals surface area contributed by atoms with E-state index in [-0.39, 0.29) is 42.4 Å². The van der Waals surface area contributed by atoms with Crippen molar-refractivity contribution < 1.29 is 43.3 Å². The highest BCUT2D eigenvalue weighted by Gasteiger charge is 2.39. The van der Waals surface area contributed by atoms with E-state index in [0.717, 1.165) is 35.1 Å². The number of ketones is 1. The molecule has 0 saturated carbocycles. The first-order valence-electron chi connectivity index (χ1n) is 19.6. The topological polar surface area (TPSA) is 130 Å². The summed E-state index contributed by atoms with van der Waals surface area (Å²) in [7, 11) is 1.61. The summed E-state index contributed by atoms with van der Waals surface area (Å²) in [6.45, 7) is 7.81. The summed E-state index contributed by atoms with van der Waals surface area (Å²) >= 11 is 0. The quantitative estimate of drug-likeness (QED) is 0.0380. The standard InChI is InChI=1S/C47H53NO9/c1-6-7-32-47(33-48-53,37-20-24-39(54-5)25-21-37)38-22-30-42(31-23-38)57-45(52)15-11-10-14-44(51)56-41-28-18-36(19-29-41)46(3,4)35-16-26-40(27-17-35)55-43(50)13-9-8-12-34(2)49/h16-31H,6-15,32H2,1-5H3/p+1. The van der Waals surface area contributed by atoms with Crippen LogP contribution in [0.2, 0.25) is 0 Å². The lowest BCUT2D eigenvalue weighted by Crippen LogP contribution is -2.26. The molecule has 0 saturated heterocycles. The van der Waals surface area contributed by atoms with Crippen LogP contribution in [0.5, 0.6) is 23.0 Å². The van der Waals surface area contributed by atoms with Crippen molar-refractivity contribution in [2.75, 3.05) is 7.11 Å². The molecule has 4 rings (SSSR count). The Bertz CT molecular complexity index is 1990. The smallest absolute Gasteiger partial charge is 0.366 e. The number of unbranched alkanes of at least 4 members (excludes halogenated alkanes) is 3. The Morgan fingerprint density at radius 2 is 0.912 bits per heavy atom. The van der Waals surface area contributed by atoms with Gasteiger partial charge in [0.15, 0.2) is 5.41 Å². The van der Waals surface area contributed by atoms with E-state index >= 15 is 0 Å². The van der Waals surface area contributed by atoms with Gasteiger partial charge in [-0.2, -0.15) is 5.21 Å². The second-order valence-corrected chi connectivity index (χ2v) is 14.7. The van der Waals surface area contributed by atoms with Gasteiger partial charge < -0.3 is 23.7 Å². The van der Waals surface area contributed by atoms with E-state index < -0.39 is 11.4 Å². The summed E-state index contributed by atoms with van der Waals surface area (Å²) in [5.74, 6) is 1.01.